The summed E-state index contributed by atoms with van der Waals surface area (Å²) >= 11 is 0. The topological polar surface area (TPSA) is 65.7 Å². The van der Waals surface area contributed by atoms with Gasteiger partial charge in [-0.1, -0.05) is 0 Å². The molecule has 0 aliphatic carbocycles. The third kappa shape index (κ3) is 3.58. The number of hydrogen-bond acceptors (Lipinski definition) is 4. The van der Waals surface area contributed by atoms with Gasteiger partial charge in [-0.3, -0.25) is 0 Å². The van der Waals surface area contributed by atoms with Crippen molar-refractivity contribution in [1.29, 1.82) is 0 Å². The molecule has 1 atom stereocenters. The summed E-state index contributed by atoms with van der Waals surface area (Å²) < 4.78 is 5.18. The molecule has 2 heterocycles. The van der Waals surface area contributed by atoms with E-state index in [2.05, 4.69) is 17.3 Å². The number of nitrogens with one attached hydrogen (secondary N) is 1. The van der Waals surface area contributed by atoms with Gasteiger partial charge < -0.3 is 19.7 Å². The van der Waals surface area contributed by atoms with Crippen LogP contribution in [0.25, 0.3) is 0 Å². The number of nitrogens with zero attached hydrogens (tertiary/aromatic N) is 1. The third-order valence-electron chi connectivity index (χ3n) is 3.33. The first-order chi connectivity index (χ1) is 8.65. The molecule has 5 heteroatoms. The second kappa shape index (κ2) is 6.02. The first-order valence-corrected chi connectivity index (χ1v) is 6.36. The molecule has 18 heavy (non-hydrogen) atoms. The van der Waals surface area contributed by atoms with Crippen molar-refractivity contribution in [1.82, 2.24) is 10.2 Å². The maximum absolute atomic E-state index is 10.7. The molecular formula is C13H20N2O3. The van der Waals surface area contributed by atoms with Crippen LogP contribution in [0.3, 0.4) is 0 Å². The minimum atomic E-state index is -1.02. The molecule has 1 aliphatic rings. The Balaban J connectivity index is 1.72. The highest BCUT2D eigenvalue weighted by atomic mass is 16.4. The zero-order valence-electron chi connectivity index (χ0n) is 10.7. The van der Waals surface area contributed by atoms with Gasteiger partial charge in [-0.2, -0.15) is 0 Å². The molecule has 0 aromatic carbocycles. The van der Waals surface area contributed by atoms with Crippen molar-refractivity contribution in [2.45, 2.75) is 19.4 Å². The van der Waals surface area contributed by atoms with Crippen LogP contribution in [0.2, 0.25) is 0 Å². The first-order valence-electron chi connectivity index (χ1n) is 6.36. The van der Waals surface area contributed by atoms with Gasteiger partial charge in [-0.25, -0.2) is 4.79 Å². The van der Waals surface area contributed by atoms with E-state index in [0.29, 0.717) is 18.2 Å². The summed E-state index contributed by atoms with van der Waals surface area (Å²) in [5.74, 6) is 0.341. The van der Waals surface area contributed by atoms with Gasteiger partial charge in [0.15, 0.2) is 0 Å². The summed E-state index contributed by atoms with van der Waals surface area (Å²) in [6.07, 6.45) is 2.52. The summed E-state index contributed by atoms with van der Waals surface area (Å²) in [5, 5.41) is 12.1. The average molecular weight is 252 g/mol. The molecule has 1 fully saturated rings. The van der Waals surface area contributed by atoms with Crippen molar-refractivity contribution in [2.24, 2.45) is 5.92 Å². The van der Waals surface area contributed by atoms with Gasteiger partial charge >= 0.3 is 5.97 Å². The quantitative estimate of drug-likeness (QED) is 0.829. The van der Waals surface area contributed by atoms with Crippen molar-refractivity contribution >= 4 is 5.97 Å². The lowest BCUT2D eigenvalue weighted by atomic mass is 9.98. The lowest BCUT2D eigenvalue weighted by molar-refractivity contribution is 0.0660. The Labute approximate surface area is 107 Å². The second-order valence-corrected chi connectivity index (χ2v) is 4.97. The van der Waals surface area contributed by atoms with E-state index in [1.54, 1.807) is 6.07 Å². The molecule has 1 aliphatic heterocycles. The monoisotopic (exact) mass is 252 g/mol. The van der Waals surface area contributed by atoms with E-state index >= 15 is 0 Å². The Morgan fingerprint density at radius 1 is 1.61 bits per heavy atom. The molecule has 5 nitrogen and oxygen atoms in total. The Morgan fingerprint density at radius 2 is 2.44 bits per heavy atom. The molecule has 0 saturated carbocycles. The number of aromatic carboxylic acids is 1. The minimum Gasteiger partial charge on any atom is -0.475 e. The van der Waals surface area contributed by atoms with Crippen LogP contribution in [-0.2, 0) is 6.54 Å². The molecule has 1 aromatic rings. The van der Waals surface area contributed by atoms with E-state index in [1.165, 1.54) is 25.5 Å². The van der Waals surface area contributed by atoms with Gasteiger partial charge in [-0.05, 0) is 51.0 Å². The van der Waals surface area contributed by atoms with Gasteiger partial charge in [0.1, 0.15) is 5.76 Å². The van der Waals surface area contributed by atoms with Crippen molar-refractivity contribution in [3.05, 3.63) is 23.7 Å². The predicted octanol–water partition coefficient (Wildman–Crippen LogP) is 1.41. The predicted molar refractivity (Wildman–Crippen MR) is 67.6 cm³/mol. The fourth-order valence-electron chi connectivity index (χ4n) is 2.43. The summed E-state index contributed by atoms with van der Waals surface area (Å²) in [6.45, 7) is 3.86. The molecule has 1 saturated heterocycles. The van der Waals surface area contributed by atoms with Crippen molar-refractivity contribution in [3.8, 4) is 0 Å². The Morgan fingerprint density at radius 3 is 3.11 bits per heavy atom. The van der Waals surface area contributed by atoms with E-state index < -0.39 is 5.97 Å². The number of furan rings is 1. The van der Waals surface area contributed by atoms with Crippen molar-refractivity contribution < 1.29 is 14.3 Å². The van der Waals surface area contributed by atoms with Crippen LogP contribution < -0.4 is 5.32 Å². The zero-order chi connectivity index (χ0) is 13.0. The highest BCUT2D eigenvalue weighted by molar-refractivity contribution is 5.84. The van der Waals surface area contributed by atoms with E-state index in [4.69, 9.17) is 9.52 Å². The van der Waals surface area contributed by atoms with Crippen molar-refractivity contribution in [3.63, 3.8) is 0 Å². The maximum atomic E-state index is 10.7. The highest BCUT2D eigenvalue weighted by Gasteiger charge is 2.16. The Hall–Kier alpha value is -1.33. The standard InChI is InChI=1S/C13H20N2O3/c1-15-6-2-3-10(9-15)7-14-8-11-4-5-12(18-11)13(16)17/h4-5,10,14H,2-3,6-9H2,1H3,(H,16,17). The largest absolute Gasteiger partial charge is 0.475 e. The molecule has 1 unspecified atom stereocenters. The normalized spacial score (nSPS) is 21.1. The highest BCUT2D eigenvalue weighted by Crippen LogP contribution is 2.14. The molecule has 0 radical (unpaired) electrons. The van der Waals surface area contributed by atoms with Crippen LogP contribution in [0.15, 0.2) is 16.5 Å². The molecule has 1 aromatic heterocycles. The summed E-state index contributed by atoms with van der Waals surface area (Å²) in [6, 6.07) is 3.21. The molecule has 2 rings (SSSR count). The van der Waals surface area contributed by atoms with Crippen molar-refractivity contribution in [2.75, 3.05) is 26.7 Å². The number of carboxylic acid groups (broad SMARTS) is 1. The molecule has 2 N–H and O–H groups in total. The van der Waals surface area contributed by atoms with Crippen LogP contribution in [-0.4, -0.2) is 42.7 Å². The number of hydrogen-bond donors (Lipinski definition) is 2. The molecule has 100 valence electrons. The number of rotatable bonds is 5. The number of carbonyl (C=O) groups is 1. The van der Waals surface area contributed by atoms with Crippen LogP contribution >= 0.6 is 0 Å². The van der Waals surface area contributed by atoms with Gasteiger partial charge in [0.05, 0.1) is 6.54 Å². The fraction of sp³-hybridized carbons (Fsp3) is 0.615. The second-order valence-electron chi connectivity index (χ2n) is 4.97. The van der Waals surface area contributed by atoms with Gasteiger partial charge in [0.2, 0.25) is 5.76 Å². The molecular weight excluding hydrogens is 232 g/mol. The van der Waals surface area contributed by atoms with E-state index in [1.807, 2.05) is 0 Å². The van der Waals surface area contributed by atoms with E-state index in [-0.39, 0.29) is 5.76 Å². The smallest absolute Gasteiger partial charge is 0.371 e. The lowest BCUT2D eigenvalue weighted by Gasteiger charge is -2.29. The van der Waals surface area contributed by atoms with Crippen LogP contribution in [0.5, 0.6) is 0 Å². The van der Waals surface area contributed by atoms with Crippen LogP contribution in [0, 0.1) is 5.92 Å². The fourth-order valence-corrected chi connectivity index (χ4v) is 2.43. The van der Waals surface area contributed by atoms with E-state index in [0.717, 1.165) is 13.1 Å². The molecule has 0 spiro atoms. The van der Waals surface area contributed by atoms with Crippen LogP contribution in [0.4, 0.5) is 0 Å². The summed E-state index contributed by atoms with van der Waals surface area (Å²) in [5.41, 5.74) is 0. The number of likely N-dealkylation sites (tertiary alicyclic amines) is 1. The first kappa shape index (κ1) is 13.1. The Kier molecular flexibility index (Phi) is 4.38. The SMILES string of the molecule is CN1CCCC(CNCc2ccc(C(=O)O)o2)C1. The van der Waals surface area contributed by atoms with Gasteiger partial charge in [0, 0.05) is 6.54 Å². The third-order valence-corrected chi connectivity index (χ3v) is 3.33. The number of carboxylic acids is 1. The van der Waals surface area contributed by atoms with Gasteiger partial charge in [0.25, 0.3) is 0 Å². The van der Waals surface area contributed by atoms with E-state index in [9.17, 15) is 4.79 Å². The molecule has 0 amide bonds. The number of piperidine rings is 1. The lowest BCUT2D eigenvalue weighted by Crippen LogP contribution is -2.37. The minimum absolute atomic E-state index is 0.00389. The Bertz CT molecular complexity index is 403. The summed E-state index contributed by atoms with van der Waals surface area (Å²) in [7, 11) is 2.15. The zero-order valence-corrected chi connectivity index (χ0v) is 10.7. The van der Waals surface area contributed by atoms with Crippen LogP contribution in [0.1, 0.15) is 29.2 Å². The summed E-state index contributed by atoms with van der Waals surface area (Å²) in [4.78, 5) is 13.0. The average Bonchev–Trinajstić information content (AvgIpc) is 2.78. The van der Waals surface area contributed by atoms with Gasteiger partial charge in [-0.15, -0.1) is 0 Å². The maximum Gasteiger partial charge on any atom is 0.371 e. The molecule has 0 bridgehead atoms.